The van der Waals surface area contributed by atoms with E-state index < -0.39 is 11.8 Å². The number of carbonyl (C=O) groups excluding carboxylic acids is 2. The molecule has 2 amide bonds. The van der Waals surface area contributed by atoms with Crippen LogP contribution in [-0.2, 0) is 9.53 Å². The molecule has 9 nitrogen and oxygen atoms in total. The molecule has 0 saturated carbocycles. The molecule has 1 N–H and O–H groups in total. The zero-order chi connectivity index (χ0) is 18.9. The third kappa shape index (κ3) is 4.73. The third-order valence-electron chi connectivity index (χ3n) is 3.53. The van der Waals surface area contributed by atoms with Crippen LogP contribution in [0.2, 0.25) is 0 Å². The van der Waals surface area contributed by atoms with Gasteiger partial charge < -0.3 is 29.0 Å². The maximum absolute atomic E-state index is 13.0. The van der Waals surface area contributed by atoms with E-state index >= 15 is 0 Å². The van der Waals surface area contributed by atoms with Crippen LogP contribution in [-0.4, -0.2) is 62.9 Å². The number of hydrogen-bond donors (Lipinski definition) is 1. The molecule has 2 rings (SSSR count). The first kappa shape index (κ1) is 19.3. The Morgan fingerprint density at radius 1 is 1.15 bits per heavy atom. The molecule has 0 saturated heterocycles. The average Bonchev–Trinajstić information content (AvgIpc) is 3.16. The van der Waals surface area contributed by atoms with E-state index in [1.165, 1.54) is 38.6 Å². The quantitative estimate of drug-likeness (QED) is 0.718. The second kappa shape index (κ2) is 9.42. The highest BCUT2D eigenvalue weighted by atomic mass is 16.5. The van der Waals surface area contributed by atoms with Crippen LogP contribution in [0.1, 0.15) is 10.4 Å². The Bertz CT molecular complexity index is 710. The molecule has 0 fully saturated rings. The molecule has 0 unspecified atom stereocenters. The molecule has 0 aliphatic carbocycles. The van der Waals surface area contributed by atoms with Gasteiger partial charge in [0.15, 0.2) is 5.82 Å². The van der Waals surface area contributed by atoms with Crippen molar-refractivity contribution in [2.45, 2.75) is 0 Å². The lowest BCUT2D eigenvalue weighted by atomic mass is 10.1. The SMILES string of the molecule is COCCN(CC(=O)Nc1ccon1)C(=O)c1c(OC)cccc1OC. The Morgan fingerprint density at radius 3 is 2.38 bits per heavy atom. The van der Waals surface area contributed by atoms with Crippen molar-refractivity contribution in [3.63, 3.8) is 0 Å². The lowest BCUT2D eigenvalue weighted by Gasteiger charge is -2.23. The smallest absolute Gasteiger partial charge is 0.261 e. The van der Waals surface area contributed by atoms with Crippen molar-refractivity contribution in [2.24, 2.45) is 0 Å². The summed E-state index contributed by atoms with van der Waals surface area (Å²) in [6.45, 7) is 0.277. The zero-order valence-corrected chi connectivity index (χ0v) is 14.9. The summed E-state index contributed by atoms with van der Waals surface area (Å²) in [5.41, 5.74) is 0.239. The van der Waals surface area contributed by atoms with E-state index in [0.717, 1.165) is 0 Å². The summed E-state index contributed by atoms with van der Waals surface area (Å²) in [4.78, 5) is 26.6. The minimum atomic E-state index is -0.419. The molecule has 140 valence electrons. The van der Waals surface area contributed by atoms with Gasteiger partial charge in [-0.1, -0.05) is 11.2 Å². The number of carbonyl (C=O) groups is 2. The number of rotatable bonds is 9. The van der Waals surface area contributed by atoms with Crippen molar-refractivity contribution in [2.75, 3.05) is 46.3 Å². The first-order valence-electron chi connectivity index (χ1n) is 7.80. The summed E-state index contributed by atoms with van der Waals surface area (Å²) < 4.78 is 20.3. The van der Waals surface area contributed by atoms with Crippen molar-refractivity contribution >= 4 is 17.6 Å². The lowest BCUT2D eigenvalue weighted by Crippen LogP contribution is -2.40. The maximum Gasteiger partial charge on any atom is 0.261 e. The van der Waals surface area contributed by atoms with E-state index in [-0.39, 0.29) is 31.1 Å². The predicted molar refractivity (Wildman–Crippen MR) is 92.5 cm³/mol. The highest BCUT2D eigenvalue weighted by Crippen LogP contribution is 2.29. The van der Waals surface area contributed by atoms with Crippen LogP contribution in [0.25, 0.3) is 0 Å². The van der Waals surface area contributed by atoms with Crippen LogP contribution in [0, 0.1) is 0 Å². The molecule has 0 bridgehead atoms. The zero-order valence-electron chi connectivity index (χ0n) is 14.9. The molecule has 1 aromatic carbocycles. The van der Waals surface area contributed by atoms with Gasteiger partial charge in [-0.25, -0.2) is 0 Å². The predicted octanol–water partition coefficient (Wildman–Crippen LogP) is 1.42. The topological polar surface area (TPSA) is 103 Å². The van der Waals surface area contributed by atoms with Gasteiger partial charge in [-0.15, -0.1) is 0 Å². The van der Waals surface area contributed by atoms with Gasteiger partial charge in [0.25, 0.3) is 5.91 Å². The van der Waals surface area contributed by atoms with Gasteiger partial charge in [0, 0.05) is 19.7 Å². The fourth-order valence-electron chi connectivity index (χ4n) is 2.31. The number of ether oxygens (including phenoxy) is 3. The van der Waals surface area contributed by atoms with E-state index in [0.29, 0.717) is 11.5 Å². The summed E-state index contributed by atoms with van der Waals surface area (Å²) in [6.07, 6.45) is 1.34. The Hall–Kier alpha value is -3.07. The van der Waals surface area contributed by atoms with Crippen molar-refractivity contribution < 1.29 is 28.3 Å². The van der Waals surface area contributed by atoms with Gasteiger partial charge in [-0.05, 0) is 12.1 Å². The summed E-state index contributed by atoms with van der Waals surface area (Å²) in [6, 6.07) is 6.52. The first-order chi connectivity index (χ1) is 12.6. The number of methoxy groups -OCH3 is 3. The van der Waals surface area contributed by atoms with Gasteiger partial charge in [0.2, 0.25) is 5.91 Å². The number of nitrogens with zero attached hydrogens (tertiary/aromatic N) is 2. The molecule has 9 heteroatoms. The fraction of sp³-hybridized carbons (Fsp3) is 0.353. The molecule has 0 atom stereocenters. The Kier molecular flexibility index (Phi) is 6.98. The van der Waals surface area contributed by atoms with Crippen LogP contribution in [0.4, 0.5) is 5.82 Å². The van der Waals surface area contributed by atoms with Crippen LogP contribution in [0.3, 0.4) is 0 Å². The number of aromatic nitrogens is 1. The monoisotopic (exact) mass is 363 g/mol. The molecular weight excluding hydrogens is 342 g/mol. The number of amides is 2. The number of benzene rings is 1. The molecule has 0 aliphatic heterocycles. The normalized spacial score (nSPS) is 10.3. The van der Waals surface area contributed by atoms with Crippen molar-refractivity contribution in [3.05, 3.63) is 36.1 Å². The van der Waals surface area contributed by atoms with Crippen LogP contribution >= 0.6 is 0 Å². The summed E-state index contributed by atoms with van der Waals surface area (Å²) in [7, 11) is 4.44. The highest BCUT2D eigenvalue weighted by molar-refractivity contribution is 6.02. The fourth-order valence-corrected chi connectivity index (χ4v) is 2.31. The summed E-state index contributed by atoms with van der Waals surface area (Å²) in [5, 5.41) is 6.16. The van der Waals surface area contributed by atoms with Crippen molar-refractivity contribution in [1.29, 1.82) is 0 Å². The minimum absolute atomic E-state index is 0.198. The van der Waals surface area contributed by atoms with E-state index in [9.17, 15) is 9.59 Å². The Morgan fingerprint density at radius 2 is 1.85 bits per heavy atom. The van der Waals surface area contributed by atoms with Crippen LogP contribution < -0.4 is 14.8 Å². The Balaban J connectivity index is 2.22. The van der Waals surface area contributed by atoms with Gasteiger partial charge in [-0.3, -0.25) is 9.59 Å². The average molecular weight is 363 g/mol. The maximum atomic E-state index is 13.0. The molecule has 1 aromatic heterocycles. The Labute approximate surface area is 150 Å². The van der Waals surface area contributed by atoms with Crippen LogP contribution in [0.15, 0.2) is 35.1 Å². The number of nitrogens with one attached hydrogen (secondary N) is 1. The second-order valence-electron chi connectivity index (χ2n) is 5.19. The second-order valence-corrected chi connectivity index (χ2v) is 5.19. The number of hydrogen-bond acceptors (Lipinski definition) is 7. The molecular formula is C17H21N3O6. The van der Waals surface area contributed by atoms with E-state index in [1.807, 2.05) is 0 Å². The standard InChI is InChI=1S/C17H21N3O6/c1-23-10-8-20(11-15(21)18-14-7-9-26-19-14)17(22)16-12(24-2)5-4-6-13(16)25-3/h4-7,9H,8,10-11H2,1-3H3,(H,18,19,21). The molecule has 1 heterocycles. The van der Waals surface area contributed by atoms with Gasteiger partial charge in [-0.2, -0.15) is 0 Å². The molecule has 0 radical (unpaired) electrons. The lowest BCUT2D eigenvalue weighted by molar-refractivity contribution is -0.117. The molecule has 2 aromatic rings. The largest absolute Gasteiger partial charge is 0.496 e. The summed E-state index contributed by atoms with van der Waals surface area (Å²) >= 11 is 0. The van der Waals surface area contributed by atoms with Crippen molar-refractivity contribution in [3.8, 4) is 11.5 Å². The highest BCUT2D eigenvalue weighted by Gasteiger charge is 2.25. The van der Waals surface area contributed by atoms with Gasteiger partial charge in [0.05, 0.1) is 20.8 Å². The molecule has 26 heavy (non-hydrogen) atoms. The van der Waals surface area contributed by atoms with Gasteiger partial charge in [0.1, 0.15) is 29.9 Å². The van der Waals surface area contributed by atoms with Gasteiger partial charge >= 0.3 is 0 Å². The van der Waals surface area contributed by atoms with E-state index in [4.69, 9.17) is 14.2 Å². The number of anilines is 1. The van der Waals surface area contributed by atoms with Crippen LogP contribution in [0.5, 0.6) is 11.5 Å². The molecule has 0 spiro atoms. The molecule has 0 aliphatic rings. The third-order valence-corrected chi connectivity index (χ3v) is 3.53. The summed E-state index contributed by atoms with van der Waals surface area (Å²) in [5.74, 6) is 0.148. The van der Waals surface area contributed by atoms with Crippen molar-refractivity contribution in [1.82, 2.24) is 10.1 Å². The van der Waals surface area contributed by atoms with E-state index in [2.05, 4.69) is 15.0 Å². The van der Waals surface area contributed by atoms with E-state index in [1.54, 1.807) is 18.2 Å². The first-order valence-corrected chi connectivity index (χ1v) is 7.80. The minimum Gasteiger partial charge on any atom is -0.496 e.